The number of hydrogen-bond acceptors (Lipinski definition) is 5. The predicted octanol–water partition coefficient (Wildman–Crippen LogP) is 2.75. The molecule has 0 saturated carbocycles. The van der Waals surface area contributed by atoms with Crippen LogP contribution in [-0.4, -0.2) is 43.0 Å². The number of carbonyl (C=O) groups is 1. The molecule has 0 N–H and O–H groups in total. The van der Waals surface area contributed by atoms with Gasteiger partial charge in [0, 0.05) is 24.7 Å². The van der Waals surface area contributed by atoms with Crippen LogP contribution in [0.2, 0.25) is 0 Å². The molecule has 0 aromatic heterocycles. The van der Waals surface area contributed by atoms with E-state index in [2.05, 4.69) is 0 Å². The molecule has 0 aliphatic rings. The second kappa shape index (κ2) is 7.96. The van der Waals surface area contributed by atoms with Crippen molar-refractivity contribution in [3.8, 4) is 11.5 Å². The van der Waals surface area contributed by atoms with Crippen LogP contribution >= 0.6 is 0 Å². The van der Waals surface area contributed by atoms with E-state index in [0.29, 0.717) is 24.5 Å². The standard InChI is InChI=1S/C17H18N2O5/c1-18(11-12-24-16-9-7-15(23-2)8-10-16)17(20)13-3-5-14(6-4-13)19(21)22/h3-10H,11-12H2,1-2H3. The van der Waals surface area contributed by atoms with E-state index in [1.165, 1.54) is 29.2 Å². The predicted molar refractivity (Wildman–Crippen MR) is 88.5 cm³/mol. The van der Waals surface area contributed by atoms with Gasteiger partial charge in [-0.1, -0.05) is 0 Å². The Morgan fingerprint density at radius 2 is 1.67 bits per heavy atom. The van der Waals surface area contributed by atoms with Crippen LogP contribution < -0.4 is 9.47 Å². The minimum Gasteiger partial charge on any atom is -0.497 e. The number of rotatable bonds is 7. The lowest BCUT2D eigenvalue weighted by molar-refractivity contribution is -0.384. The van der Waals surface area contributed by atoms with E-state index in [1.54, 1.807) is 38.4 Å². The third-order valence-corrected chi connectivity index (χ3v) is 3.43. The number of methoxy groups -OCH3 is 1. The van der Waals surface area contributed by atoms with Crippen molar-refractivity contribution in [2.45, 2.75) is 0 Å². The lowest BCUT2D eigenvalue weighted by Gasteiger charge is -2.17. The molecule has 0 aliphatic carbocycles. The number of amides is 1. The maximum absolute atomic E-state index is 12.2. The van der Waals surface area contributed by atoms with Gasteiger partial charge in [-0.25, -0.2) is 0 Å². The van der Waals surface area contributed by atoms with Gasteiger partial charge in [0.2, 0.25) is 0 Å². The lowest BCUT2D eigenvalue weighted by atomic mass is 10.2. The first-order valence-electron chi connectivity index (χ1n) is 7.28. The zero-order chi connectivity index (χ0) is 17.5. The maximum Gasteiger partial charge on any atom is 0.269 e. The smallest absolute Gasteiger partial charge is 0.269 e. The highest BCUT2D eigenvalue weighted by atomic mass is 16.6. The van der Waals surface area contributed by atoms with Gasteiger partial charge in [-0.15, -0.1) is 0 Å². The first-order chi connectivity index (χ1) is 11.5. The Kier molecular flexibility index (Phi) is 5.73. The molecule has 0 atom stereocenters. The van der Waals surface area contributed by atoms with Crippen LogP contribution in [0.4, 0.5) is 5.69 Å². The van der Waals surface area contributed by atoms with E-state index >= 15 is 0 Å². The summed E-state index contributed by atoms with van der Waals surface area (Å²) < 4.78 is 10.6. The van der Waals surface area contributed by atoms with E-state index in [-0.39, 0.29) is 11.6 Å². The number of likely N-dealkylation sites (N-methyl/N-ethyl adjacent to an activating group) is 1. The Morgan fingerprint density at radius 1 is 1.08 bits per heavy atom. The van der Waals surface area contributed by atoms with Gasteiger partial charge in [-0.3, -0.25) is 14.9 Å². The summed E-state index contributed by atoms with van der Waals surface area (Å²) in [5.41, 5.74) is 0.351. The van der Waals surface area contributed by atoms with Crippen LogP contribution in [0.3, 0.4) is 0 Å². The van der Waals surface area contributed by atoms with Gasteiger partial charge in [0.05, 0.1) is 18.6 Å². The minimum atomic E-state index is -0.499. The van der Waals surface area contributed by atoms with Crippen molar-refractivity contribution < 1.29 is 19.2 Å². The Balaban J connectivity index is 1.85. The maximum atomic E-state index is 12.2. The summed E-state index contributed by atoms with van der Waals surface area (Å²) in [5.74, 6) is 1.21. The van der Waals surface area contributed by atoms with E-state index in [4.69, 9.17) is 9.47 Å². The van der Waals surface area contributed by atoms with E-state index < -0.39 is 4.92 Å². The number of hydrogen-bond donors (Lipinski definition) is 0. The molecule has 0 saturated heterocycles. The number of ether oxygens (including phenoxy) is 2. The minimum absolute atomic E-state index is 0.0444. The zero-order valence-electron chi connectivity index (χ0n) is 13.5. The SMILES string of the molecule is COc1ccc(OCCN(C)C(=O)c2ccc([N+](=O)[O-])cc2)cc1. The molecule has 0 heterocycles. The number of carbonyl (C=O) groups excluding carboxylic acids is 1. The van der Waals surface area contributed by atoms with Crippen molar-refractivity contribution in [1.29, 1.82) is 0 Å². The number of non-ortho nitro benzene ring substituents is 1. The first kappa shape index (κ1) is 17.3. The second-order valence-electron chi connectivity index (χ2n) is 5.05. The monoisotopic (exact) mass is 330 g/mol. The van der Waals surface area contributed by atoms with Gasteiger partial charge < -0.3 is 14.4 Å². The van der Waals surface area contributed by atoms with Crippen LogP contribution in [0, 0.1) is 10.1 Å². The van der Waals surface area contributed by atoms with Gasteiger partial charge in [-0.2, -0.15) is 0 Å². The average molecular weight is 330 g/mol. The Morgan fingerprint density at radius 3 is 2.21 bits per heavy atom. The molecule has 2 aromatic rings. The summed E-state index contributed by atoms with van der Waals surface area (Å²) in [6.07, 6.45) is 0. The largest absolute Gasteiger partial charge is 0.497 e. The molecule has 0 bridgehead atoms. The van der Waals surface area contributed by atoms with E-state index in [1.807, 2.05) is 0 Å². The van der Waals surface area contributed by atoms with Gasteiger partial charge >= 0.3 is 0 Å². The van der Waals surface area contributed by atoms with Crippen molar-refractivity contribution >= 4 is 11.6 Å². The summed E-state index contributed by atoms with van der Waals surface area (Å²) in [7, 11) is 3.25. The van der Waals surface area contributed by atoms with Crippen LogP contribution in [0.5, 0.6) is 11.5 Å². The van der Waals surface area contributed by atoms with Gasteiger partial charge in [0.25, 0.3) is 11.6 Å². The quantitative estimate of drug-likeness (QED) is 0.576. The lowest BCUT2D eigenvalue weighted by Crippen LogP contribution is -2.30. The number of benzene rings is 2. The Hall–Kier alpha value is -3.09. The number of nitrogens with zero attached hydrogens (tertiary/aromatic N) is 2. The molecule has 0 aliphatic heterocycles. The van der Waals surface area contributed by atoms with Crippen molar-refractivity contribution in [1.82, 2.24) is 4.90 Å². The second-order valence-corrected chi connectivity index (χ2v) is 5.05. The van der Waals surface area contributed by atoms with Gasteiger partial charge in [0.15, 0.2) is 0 Å². The fraction of sp³-hybridized carbons (Fsp3) is 0.235. The third kappa shape index (κ3) is 4.45. The van der Waals surface area contributed by atoms with Crippen LogP contribution in [0.25, 0.3) is 0 Å². The van der Waals surface area contributed by atoms with Gasteiger partial charge in [0.1, 0.15) is 18.1 Å². The molecule has 24 heavy (non-hydrogen) atoms. The topological polar surface area (TPSA) is 81.9 Å². The highest BCUT2D eigenvalue weighted by Gasteiger charge is 2.13. The molecule has 0 spiro atoms. The van der Waals surface area contributed by atoms with Crippen molar-refractivity contribution in [3.63, 3.8) is 0 Å². The summed E-state index contributed by atoms with van der Waals surface area (Å²) in [6, 6.07) is 12.7. The molecule has 0 unspecified atom stereocenters. The molecule has 126 valence electrons. The molecule has 2 rings (SSSR count). The van der Waals surface area contributed by atoms with Gasteiger partial charge in [-0.05, 0) is 36.4 Å². The third-order valence-electron chi connectivity index (χ3n) is 3.43. The number of nitro groups is 1. The molecule has 0 fully saturated rings. The Labute approximate surface area is 139 Å². The van der Waals surface area contributed by atoms with E-state index in [9.17, 15) is 14.9 Å². The molecule has 7 heteroatoms. The summed E-state index contributed by atoms with van der Waals surface area (Å²) >= 11 is 0. The van der Waals surface area contributed by atoms with Crippen molar-refractivity contribution in [2.75, 3.05) is 27.3 Å². The highest BCUT2D eigenvalue weighted by molar-refractivity contribution is 5.94. The summed E-state index contributed by atoms with van der Waals surface area (Å²) in [6.45, 7) is 0.726. The van der Waals surface area contributed by atoms with Crippen molar-refractivity contribution in [3.05, 3.63) is 64.2 Å². The summed E-state index contributed by atoms with van der Waals surface area (Å²) in [5, 5.41) is 10.6. The molecule has 7 nitrogen and oxygen atoms in total. The molecular formula is C17H18N2O5. The molecule has 1 amide bonds. The average Bonchev–Trinajstić information content (AvgIpc) is 2.61. The molecular weight excluding hydrogens is 312 g/mol. The normalized spacial score (nSPS) is 10.1. The highest BCUT2D eigenvalue weighted by Crippen LogP contribution is 2.17. The number of nitro benzene ring substituents is 1. The molecule has 2 aromatic carbocycles. The zero-order valence-corrected chi connectivity index (χ0v) is 13.5. The fourth-order valence-corrected chi connectivity index (χ4v) is 2.02. The fourth-order valence-electron chi connectivity index (χ4n) is 2.02. The molecule has 0 radical (unpaired) electrons. The first-order valence-corrected chi connectivity index (χ1v) is 7.28. The summed E-state index contributed by atoms with van der Waals surface area (Å²) in [4.78, 5) is 23.9. The Bertz CT molecular complexity index is 698. The van der Waals surface area contributed by atoms with Crippen LogP contribution in [-0.2, 0) is 0 Å². The van der Waals surface area contributed by atoms with Crippen LogP contribution in [0.1, 0.15) is 10.4 Å². The van der Waals surface area contributed by atoms with E-state index in [0.717, 1.165) is 5.75 Å². The van der Waals surface area contributed by atoms with Crippen molar-refractivity contribution in [2.24, 2.45) is 0 Å². The van der Waals surface area contributed by atoms with Crippen LogP contribution in [0.15, 0.2) is 48.5 Å².